The summed E-state index contributed by atoms with van der Waals surface area (Å²) >= 11 is 0. The number of fused-ring (bicyclic) bond motifs is 4. The van der Waals surface area contributed by atoms with Crippen LogP contribution in [0.3, 0.4) is 0 Å². The third-order valence-electron chi connectivity index (χ3n) is 6.15. The van der Waals surface area contributed by atoms with Crippen molar-refractivity contribution in [3.05, 3.63) is 59.7 Å². The van der Waals surface area contributed by atoms with Gasteiger partial charge in [0.15, 0.2) is 5.72 Å². The smallest absolute Gasteiger partial charge is 0.180 e. The normalized spacial score (nSPS) is 22.5. The van der Waals surface area contributed by atoms with Gasteiger partial charge >= 0.3 is 0 Å². The molecule has 1 fully saturated rings. The van der Waals surface area contributed by atoms with Gasteiger partial charge in [0.05, 0.1) is 26.0 Å². The lowest BCUT2D eigenvalue weighted by molar-refractivity contribution is -0.150. The van der Waals surface area contributed by atoms with E-state index >= 15 is 0 Å². The first kappa shape index (κ1) is 17.4. The predicted molar refractivity (Wildman–Crippen MR) is 108 cm³/mol. The zero-order chi connectivity index (χ0) is 19.1. The molecule has 1 spiro atoms. The van der Waals surface area contributed by atoms with Gasteiger partial charge in [-0.2, -0.15) is 5.01 Å². The minimum absolute atomic E-state index is 0.143. The number of hydrogen-bond donors (Lipinski definition) is 1. The van der Waals surface area contributed by atoms with Crippen molar-refractivity contribution < 1.29 is 14.2 Å². The maximum Gasteiger partial charge on any atom is 0.180 e. The van der Waals surface area contributed by atoms with Gasteiger partial charge in [0.25, 0.3) is 0 Å². The Hall–Kier alpha value is -2.66. The number of benzene rings is 2. The topological polar surface area (TPSA) is 43.0 Å². The summed E-state index contributed by atoms with van der Waals surface area (Å²) in [6, 6.07) is 14.5. The Labute approximate surface area is 165 Å². The first-order valence-corrected chi connectivity index (χ1v) is 10.0. The Morgan fingerprint density at radius 3 is 2.64 bits per heavy atom. The number of hydrogen-bond acceptors (Lipinski definition) is 5. The minimum atomic E-state index is -0.296. The lowest BCUT2D eigenvalue weighted by atomic mass is 9.87. The fraction of sp³-hybridized carbons (Fsp3) is 0.391. The molecule has 0 amide bonds. The van der Waals surface area contributed by atoms with E-state index in [2.05, 4.69) is 46.8 Å². The highest BCUT2D eigenvalue weighted by Gasteiger charge is 2.50. The fourth-order valence-electron chi connectivity index (χ4n) is 4.74. The predicted octanol–water partition coefficient (Wildman–Crippen LogP) is 4.66. The molecule has 0 bridgehead atoms. The Bertz CT molecular complexity index is 918. The average molecular weight is 378 g/mol. The van der Waals surface area contributed by atoms with Crippen molar-refractivity contribution in [3.63, 3.8) is 0 Å². The zero-order valence-electron chi connectivity index (χ0n) is 16.4. The van der Waals surface area contributed by atoms with Crippen molar-refractivity contribution >= 4 is 5.70 Å². The lowest BCUT2D eigenvalue weighted by Crippen LogP contribution is -2.60. The Balaban J connectivity index is 1.58. The largest absolute Gasteiger partial charge is 0.497 e. The van der Waals surface area contributed by atoms with Gasteiger partial charge in [0.1, 0.15) is 17.2 Å². The number of rotatable bonds is 3. The van der Waals surface area contributed by atoms with E-state index in [4.69, 9.17) is 14.2 Å². The van der Waals surface area contributed by atoms with Gasteiger partial charge in [-0.15, -0.1) is 0 Å². The summed E-state index contributed by atoms with van der Waals surface area (Å²) in [7, 11) is 3.37. The van der Waals surface area contributed by atoms with Crippen LogP contribution in [-0.4, -0.2) is 25.0 Å². The van der Waals surface area contributed by atoms with E-state index in [1.165, 1.54) is 24.8 Å². The molecule has 1 N–H and O–H groups in total. The molecule has 2 aliphatic heterocycles. The second kappa shape index (κ2) is 6.74. The Morgan fingerprint density at radius 1 is 1.04 bits per heavy atom. The highest BCUT2D eigenvalue weighted by Crippen LogP contribution is 2.50. The molecule has 0 unspecified atom stereocenters. The molecular formula is C23H26N2O3. The molecule has 3 aliphatic rings. The van der Waals surface area contributed by atoms with Crippen LogP contribution >= 0.6 is 0 Å². The Morgan fingerprint density at radius 2 is 1.86 bits per heavy atom. The second-order valence-electron chi connectivity index (χ2n) is 7.72. The summed E-state index contributed by atoms with van der Waals surface area (Å²) < 4.78 is 17.6. The molecular weight excluding hydrogens is 352 g/mol. The van der Waals surface area contributed by atoms with Gasteiger partial charge in [0.2, 0.25) is 0 Å². The molecule has 2 heterocycles. The number of nitrogens with one attached hydrogen (secondary N) is 1. The maximum absolute atomic E-state index is 6.63. The molecule has 5 nitrogen and oxygen atoms in total. The molecule has 146 valence electrons. The van der Waals surface area contributed by atoms with Crippen LogP contribution in [0.5, 0.6) is 17.2 Å². The molecule has 1 aliphatic carbocycles. The van der Waals surface area contributed by atoms with Crippen LogP contribution in [0.15, 0.2) is 48.5 Å². The van der Waals surface area contributed by atoms with Crippen molar-refractivity contribution in [3.8, 4) is 17.2 Å². The first-order chi connectivity index (χ1) is 13.7. The van der Waals surface area contributed by atoms with E-state index in [9.17, 15) is 0 Å². The molecule has 1 saturated carbocycles. The summed E-state index contributed by atoms with van der Waals surface area (Å²) in [6.07, 6.45) is 8.01. The zero-order valence-corrected chi connectivity index (χ0v) is 16.4. The summed E-state index contributed by atoms with van der Waals surface area (Å²) in [4.78, 5) is 0. The number of ether oxygens (including phenoxy) is 3. The SMILES string of the molecule is COc1ccc(C2=C[C@H]3c4ccccc4OC4(CCCCC4)N3N2)c(OC)c1. The van der Waals surface area contributed by atoms with E-state index in [-0.39, 0.29) is 11.8 Å². The monoisotopic (exact) mass is 378 g/mol. The molecule has 0 aromatic heterocycles. The van der Waals surface area contributed by atoms with Crippen LogP contribution < -0.4 is 19.6 Å². The van der Waals surface area contributed by atoms with E-state index in [1.807, 2.05) is 12.1 Å². The molecule has 28 heavy (non-hydrogen) atoms. The number of hydrazine groups is 1. The maximum atomic E-state index is 6.63. The molecule has 5 heteroatoms. The van der Waals surface area contributed by atoms with Gasteiger partial charge in [-0.1, -0.05) is 24.6 Å². The quantitative estimate of drug-likeness (QED) is 0.841. The molecule has 5 rings (SSSR count). The number of para-hydroxylation sites is 1. The van der Waals surface area contributed by atoms with Gasteiger partial charge < -0.3 is 19.6 Å². The van der Waals surface area contributed by atoms with Crippen molar-refractivity contribution in [1.82, 2.24) is 10.4 Å². The first-order valence-electron chi connectivity index (χ1n) is 10.0. The highest BCUT2D eigenvalue weighted by molar-refractivity contribution is 5.72. The molecule has 2 aromatic rings. The fourth-order valence-corrected chi connectivity index (χ4v) is 4.74. The van der Waals surface area contributed by atoms with E-state index in [0.29, 0.717) is 0 Å². The highest BCUT2D eigenvalue weighted by atomic mass is 16.5. The van der Waals surface area contributed by atoms with Crippen molar-refractivity contribution in [2.75, 3.05) is 14.2 Å². The number of methoxy groups -OCH3 is 2. The standard InChI is InChI=1S/C23H26N2O3/c1-26-16-10-11-17(22(14-16)27-2)19-15-20-18-8-4-5-9-21(18)28-23(25(20)24-19)12-6-3-7-13-23/h4-5,8-11,14-15,20,24H,3,6-7,12-13H2,1-2H3/t20-/m0/s1. The molecule has 0 saturated heterocycles. The number of nitrogens with zero attached hydrogens (tertiary/aromatic N) is 1. The van der Waals surface area contributed by atoms with Crippen LogP contribution in [0.25, 0.3) is 5.70 Å². The van der Waals surface area contributed by atoms with E-state index < -0.39 is 0 Å². The van der Waals surface area contributed by atoms with Gasteiger partial charge in [-0.25, -0.2) is 0 Å². The van der Waals surface area contributed by atoms with Crippen molar-refractivity contribution in [2.45, 2.75) is 43.9 Å². The van der Waals surface area contributed by atoms with Crippen molar-refractivity contribution in [2.24, 2.45) is 0 Å². The lowest BCUT2D eigenvalue weighted by Gasteiger charge is -2.50. The molecule has 2 aromatic carbocycles. The second-order valence-corrected chi connectivity index (χ2v) is 7.72. The summed E-state index contributed by atoms with van der Waals surface area (Å²) in [5.74, 6) is 2.59. The molecule has 1 atom stereocenters. The van der Waals surface area contributed by atoms with Crippen LogP contribution in [0, 0.1) is 0 Å². The summed E-state index contributed by atoms with van der Waals surface area (Å²) in [5, 5.41) is 2.33. The van der Waals surface area contributed by atoms with Crippen molar-refractivity contribution in [1.29, 1.82) is 0 Å². The summed E-state index contributed by atoms with van der Waals surface area (Å²) in [5.41, 5.74) is 6.66. The minimum Gasteiger partial charge on any atom is -0.497 e. The Kier molecular flexibility index (Phi) is 4.20. The third kappa shape index (κ3) is 2.65. The third-order valence-corrected chi connectivity index (χ3v) is 6.15. The van der Waals surface area contributed by atoms with Gasteiger partial charge in [0, 0.05) is 30.0 Å². The van der Waals surface area contributed by atoms with Gasteiger partial charge in [-0.3, -0.25) is 0 Å². The van der Waals surface area contributed by atoms with Crippen LogP contribution in [-0.2, 0) is 0 Å². The van der Waals surface area contributed by atoms with Crippen LogP contribution in [0.4, 0.5) is 0 Å². The van der Waals surface area contributed by atoms with Crippen LogP contribution in [0.1, 0.15) is 49.3 Å². The van der Waals surface area contributed by atoms with Gasteiger partial charge in [-0.05, 0) is 37.1 Å². The average Bonchev–Trinajstić information content (AvgIpc) is 3.20. The summed E-state index contributed by atoms with van der Waals surface area (Å²) in [6.45, 7) is 0. The van der Waals surface area contributed by atoms with E-state index in [1.54, 1.807) is 14.2 Å². The van der Waals surface area contributed by atoms with E-state index in [0.717, 1.165) is 41.4 Å². The molecule has 0 radical (unpaired) electrons. The van der Waals surface area contributed by atoms with Crippen LogP contribution in [0.2, 0.25) is 0 Å².